The highest BCUT2D eigenvalue weighted by molar-refractivity contribution is 9.10. The predicted octanol–water partition coefficient (Wildman–Crippen LogP) is 5.47. The minimum absolute atomic E-state index is 0.0287. The molecular formula is C23H21BrF2N6O. The fourth-order valence-electron chi connectivity index (χ4n) is 4.26. The SMILES string of the molecule is COc1nc(-c2nc3n(n2)CCCC3c2cc(Br)ccc2C(F)F)ccc1-n1cnc(C)c1. The molecule has 5 rings (SSSR count). The van der Waals surface area contributed by atoms with E-state index in [9.17, 15) is 8.78 Å². The van der Waals surface area contributed by atoms with Gasteiger partial charge in [-0.25, -0.2) is 28.4 Å². The van der Waals surface area contributed by atoms with Crippen LogP contribution in [0.25, 0.3) is 17.2 Å². The molecule has 10 heteroatoms. The van der Waals surface area contributed by atoms with E-state index in [-0.39, 0.29) is 11.5 Å². The Balaban J connectivity index is 1.55. The van der Waals surface area contributed by atoms with Crippen molar-refractivity contribution in [1.29, 1.82) is 0 Å². The van der Waals surface area contributed by atoms with Crippen molar-refractivity contribution in [3.05, 3.63) is 70.0 Å². The number of aromatic nitrogens is 6. The number of rotatable bonds is 5. The molecule has 0 aliphatic carbocycles. The van der Waals surface area contributed by atoms with E-state index in [0.717, 1.165) is 28.7 Å². The van der Waals surface area contributed by atoms with Gasteiger partial charge in [0.25, 0.3) is 6.43 Å². The second-order valence-electron chi connectivity index (χ2n) is 7.93. The van der Waals surface area contributed by atoms with Crippen molar-refractivity contribution in [3.63, 3.8) is 0 Å². The number of pyridine rings is 1. The molecule has 0 N–H and O–H groups in total. The fourth-order valence-corrected chi connectivity index (χ4v) is 4.64. The number of halogens is 3. The first kappa shape index (κ1) is 21.7. The summed E-state index contributed by atoms with van der Waals surface area (Å²) in [6, 6.07) is 8.59. The summed E-state index contributed by atoms with van der Waals surface area (Å²) in [6.45, 7) is 2.59. The minimum atomic E-state index is -2.56. The number of benzene rings is 1. The Morgan fingerprint density at radius 2 is 2.03 bits per heavy atom. The smallest absolute Gasteiger partial charge is 0.264 e. The van der Waals surface area contributed by atoms with Crippen molar-refractivity contribution in [1.82, 2.24) is 29.3 Å². The molecule has 0 amide bonds. The van der Waals surface area contributed by atoms with Gasteiger partial charge in [-0.3, -0.25) is 0 Å². The van der Waals surface area contributed by atoms with Gasteiger partial charge in [-0.2, -0.15) is 0 Å². The zero-order valence-electron chi connectivity index (χ0n) is 18.0. The number of hydrogen-bond acceptors (Lipinski definition) is 5. The lowest BCUT2D eigenvalue weighted by Gasteiger charge is -2.24. The lowest BCUT2D eigenvalue weighted by atomic mass is 9.88. The van der Waals surface area contributed by atoms with E-state index in [2.05, 4.69) is 31.0 Å². The standard InChI is InChI=1S/C23H21BrF2N6O/c1-13-11-31(12-27-13)19-8-7-18(28-23(19)33-2)21-29-22-16(4-3-9-32(22)30-21)17-10-14(24)5-6-15(17)20(25)26/h5-8,10-12,16,20H,3-4,9H2,1-2H3. The first-order valence-electron chi connectivity index (χ1n) is 10.5. The van der Waals surface area contributed by atoms with Gasteiger partial charge < -0.3 is 9.30 Å². The lowest BCUT2D eigenvalue weighted by Crippen LogP contribution is -2.19. The Morgan fingerprint density at radius 3 is 2.76 bits per heavy atom. The van der Waals surface area contributed by atoms with E-state index >= 15 is 0 Å². The molecule has 3 aromatic heterocycles. The summed E-state index contributed by atoms with van der Waals surface area (Å²) in [5.74, 6) is 1.27. The Hall–Kier alpha value is -3.14. The van der Waals surface area contributed by atoms with Crippen LogP contribution in [0.1, 0.15) is 47.8 Å². The van der Waals surface area contributed by atoms with Crippen LogP contribution in [0, 0.1) is 6.92 Å². The number of hydrogen-bond donors (Lipinski definition) is 0. The van der Waals surface area contributed by atoms with Crippen molar-refractivity contribution in [3.8, 4) is 23.1 Å². The van der Waals surface area contributed by atoms with E-state index in [1.54, 1.807) is 30.3 Å². The Morgan fingerprint density at radius 1 is 1.18 bits per heavy atom. The average molecular weight is 515 g/mol. The van der Waals surface area contributed by atoms with Crippen LogP contribution in [0.3, 0.4) is 0 Å². The molecule has 0 spiro atoms. The van der Waals surface area contributed by atoms with Gasteiger partial charge in [0.1, 0.15) is 17.2 Å². The van der Waals surface area contributed by atoms with Gasteiger partial charge in [0.15, 0.2) is 5.82 Å². The van der Waals surface area contributed by atoms with Crippen LogP contribution in [-0.2, 0) is 6.54 Å². The Kier molecular flexibility index (Phi) is 5.69. The molecule has 0 saturated heterocycles. The minimum Gasteiger partial charge on any atom is -0.479 e. The quantitative estimate of drug-likeness (QED) is 0.353. The van der Waals surface area contributed by atoms with E-state index in [4.69, 9.17) is 9.72 Å². The molecule has 7 nitrogen and oxygen atoms in total. The summed E-state index contributed by atoms with van der Waals surface area (Å²) in [6.07, 6.45) is 2.58. The number of ether oxygens (including phenoxy) is 1. The highest BCUT2D eigenvalue weighted by Gasteiger charge is 2.30. The maximum atomic E-state index is 13.7. The van der Waals surface area contributed by atoms with Crippen LogP contribution in [-0.4, -0.2) is 36.4 Å². The van der Waals surface area contributed by atoms with Crippen LogP contribution in [0.2, 0.25) is 0 Å². The number of imidazole rings is 1. The van der Waals surface area contributed by atoms with Gasteiger partial charge in [-0.15, -0.1) is 5.10 Å². The molecule has 33 heavy (non-hydrogen) atoms. The Bertz CT molecular complexity index is 1320. The first-order chi connectivity index (χ1) is 15.9. The van der Waals surface area contributed by atoms with Crippen LogP contribution in [0.5, 0.6) is 5.88 Å². The van der Waals surface area contributed by atoms with Crippen molar-refractivity contribution < 1.29 is 13.5 Å². The number of nitrogens with zero attached hydrogens (tertiary/aromatic N) is 6. The largest absolute Gasteiger partial charge is 0.479 e. The number of fused-ring (bicyclic) bond motifs is 1. The lowest BCUT2D eigenvalue weighted by molar-refractivity contribution is 0.149. The van der Waals surface area contributed by atoms with E-state index < -0.39 is 6.43 Å². The number of methoxy groups -OCH3 is 1. The van der Waals surface area contributed by atoms with Gasteiger partial charge in [-0.1, -0.05) is 22.0 Å². The van der Waals surface area contributed by atoms with Crippen LogP contribution < -0.4 is 4.74 Å². The van der Waals surface area contributed by atoms with E-state index in [1.807, 2.05) is 29.8 Å². The van der Waals surface area contributed by atoms with Gasteiger partial charge in [-0.05, 0) is 49.6 Å². The van der Waals surface area contributed by atoms with Crippen LogP contribution in [0.15, 0.2) is 47.3 Å². The summed E-state index contributed by atoms with van der Waals surface area (Å²) in [4.78, 5) is 13.6. The summed E-state index contributed by atoms with van der Waals surface area (Å²) in [5.41, 5.74) is 2.79. The highest BCUT2D eigenvalue weighted by atomic mass is 79.9. The summed E-state index contributed by atoms with van der Waals surface area (Å²) in [5, 5.41) is 4.64. The zero-order valence-corrected chi connectivity index (χ0v) is 19.6. The number of aryl methyl sites for hydroxylation is 2. The number of alkyl halides is 2. The van der Waals surface area contributed by atoms with Gasteiger partial charge >= 0.3 is 0 Å². The molecular weight excluding hydrogens is 494 g/mol. The van der Waals surface area contributed by atoms with E-state index in [0.29, 0.717) is 35.3 Å². The molecule has 0 saturated carbocycles. The molecule has 170 valence electrons. The normalized spacial score (nSPS) is 15.6. The third-order valence-corrected chi connectivity index (χ3v) is 6.28. The Labute approximate surface area is 197 Å². The monoisotopic (exact) mass is 514 g/mol. The first-order valence-corrected chi connectivity index (χ1v) is 11.3. The maximum absolute atomic E-state index is 13.7. The maximum Gasteiger partial charge on any atom is 0.264 e. The van der Waals surface area contributed by atoms with Crippen molar-refractivity contribution in [2.75, 3.05) is 7.11 Å². The van der Waals surface area contributed by atoms with Gasteiger partial charge in [0.05, 0.1) is 19.1 Å². The van der Waals surface area contributed by atoms with Crippen molar-refractivity contribution >= 4 is 15.9 Å². The molecule has 1 aliphatic heterocycles. The molecule has 0 fully saturated rings. The third-order valence-electron chi connectivity index (χ3n) is 5.79. The van der Waals surface area contributed by atoms with Gasteiger partial charge in [0.2, 0.25) is 5.88 Å². The van der Waals surface area contributed by atoms with Crippen LogP contribution >= 0.6 is 15.9 Å². The summed E-state index contributed by atoms with van der Waals surface area (Å²) < 4.78 is 37.4. The average Bonchev–Trinajstić information content (AvgIpc) is 3.44. The second kappa shape index (κ2) is 8.66. The van der Waals surface area contributed by atoms with Crippen molar-refractivity contribution in [2.24, 2.45) is 0 Å². The van der Waals surface area contributed by atoms with Crippen LogP contribution in [0.4, 0.5) is 8.78 Å². The molecule has 1 aliphatic rings. The molecule has 1 aromatic carbocycles. The topological polar surface area (TPSA) is 70.7 Å². The predicted molar refractivity (Wildman–Crippen MR) is 122 cm³/mol. The molecule has 1 atom stereocenters. The highest BCUT2D eigenvalue weighted by Crippen LogP contribution is 2.39. The fraction of sp³-hybridized carbons (Fsp3) is 0.304. The molecule has 0 radical (unpaired) electrons. The summed E-state index contributed by atoms with van der Waals surface area (Å²) in [7, 11) is 1.56. The van der Waals surface area contributed by atoms with Gasteiger partial charge in [0, 0.05) is 28.7 Å². The molecule has 1 unspecified atom stereocenters. The molecule has 4 aromatic rings. The summed E-state index contributed by atoms with van der Waals surface area (Å²) >= 11 is 3.42. The third kappa shape index (κ3) is 4.03. The zero-order chi connectivity index (χ0) is 23.1. The molecule has 0 bridgehead atoms. The van der Waals surface area contributed by atoms with E-state index in [1.165, 1.54) is 6.07 Å². The second-order valence-corrected chi connectivity index (χ2v) is 8.85. The molecule has 4 heterocycles. The van der Waals surface area contributed by atoms with Crippen molar-refractivity contribution in [2.45, 2.75) is 38.7 Å².